The second-order valence-electron chi connectivity index (χ2n) is 4.14. The van der Waals surface area contributed by atoms with Gasteiger partial charge in [0.25, 0.3) is 0 Å². The summed E-state index contributed by atoms with van der Waals surface area (Å²) in [6.45, 7) is 0.312. The van der Waals surface area contributed by atoms with Crippen LogP contribution < -0.4 is 11.1 Å². The van der Waals surface area contributed by atoms with E-state index >= 15 is 0 Å². The monoisotopic (exact) mass is 301 g/mol. The SMILES string of the molecule is Nc1cnc(C(F)(F)F)cc1NCc1cccc(Cl)c1. The van der Waals surface area contributed by atoms with Gasteiger partial charge in [0.05, 0.1) is 17.6 Å². The highest BCUT2D eigenvalue weighted by Gasteiger charge is 2.32. The van der Waals surface area contributed by atoms with Gasteiger partial charge in [-0.3, -0.25) is 0 Å². The maximum Gasteiger partial charge on any atom is 0.433 e. The zero-order chi connectivity index (χ0) is 14.8. The highest BCUT2D eigenvalue weighted by Crippen LogP contribution is 2.31. The third-order valence-electron chi connectivity index (χ3n) is 2.60. The lowest BCUT2D eigenvalue weighted by atomic mass is 10.2. The molecular formula is C13H11ClF3N3. The first kappa shape index (κ1) is 14.5. The van der Waals surface area contributed by atoms with Crippen molar-refractivity contribution in [3.05, 3.63) is 52.8 Å². The molecule has 3 nitrogen and oxygen atoms in total. The van der Waals surface area contributed by atoms with Gasteiger partial charge in [-0.2, -0.15) is 13.2 Å². The van der Waals surface area contributed by atoms with Gasteiger partial charge in [0, 0.05) is 11.6 Å². The summed E-state index contributed by atoms with van der Waals surface area (Å²) in [5.41, 5.74) is 5.80. The molecule has 2 aromatic rings. The number of halogens is 4. The minimum Gasteiger partial charge on any atom is -0.396 e. The van der Waals surface area contributed by atoms with Crippen molar-refractivity contribution in [2.45, 2.75) is 12.7 Å². The van der Waals surface area contributed by atoms with Crippen LogP contribution in [0.5, 0.6) is 0 Å². The van der Waals surface area contributed by atoms with Crippen molar-refractivity contribution in [2.75, 3.05) is 11.1 Å². The van der Waals surface area contributed by atoms with Crippen LogP contribution in [0.3, 0.4) is 0 Å². The number of hydrogen-bond acceptors (Lipinski definition) is 3. The molecule has 0 saturated carbocycles. The van der Waals surface area contributed by atoms with Gasteiger partial charge in [-0.25, -0.2) is 4.98 Å². The van der Waals surface area contributed by atoms with Crippen LogP contribution >= 0.6 is 11.6 Å². The van der Waals surface area contributed by atoms with Gasteiger partial charge in [-0.1, -0.05) is 23.7 Å². The second-order valence-corrected chi connectivity index (χ2v) is 4.57. The molecular weight excluding hydrogens is 291 g/mol. The number of alkyl halides is 3. The smallest absolute Gasteiger partial charge is 0.396 e. The molecule has 2 rings (SSSR count). The van der Waals surface area contributed by atoms with Crippen molar-refractivity contribution in [3.63, 3.8) is 0 Å². The van der Waals surface area contributed by atoms with Gasteiger partial charge >= 0.3 is 6.18 Å². The van der Waals surface area contributed by atoms with E-state index in [0.717, 1.165) is 17.8 Å². The lowest BCUT2D eigenvalue weighted by Gasteiger charge is -2.12. The average Bonchev–Trinajstić information content (AvgIpc) is 2.36. The van der Waals surface area contributed by atoms with Crippen molar-refractivity contribution in [2.24, 2.45) is 0 Å². The molecule has 0 radical (unpaired) electrons. The summed E-state index contributed by atoms with van der Waals surface area (Å²) >= 11 is 5.83. The highest BCUT2D eigenvalue weighted by molar-refractivity contribution is 6.30. The normalized spacial score (nSPS) is 11.4. The minimum atomic E-state index is -4.50. The number of anilines is 2. The fraction of sp³-hybridized carbons (Fsp3) is 0.154. The summed E-state index contributed by atoms with van der Waals surface area (Å²) in [6.07, 6.45) is -3.51. The van der Waals surface area contributed by atoms with Gasteiger partial charge in [0.1, 0.15) is 5.69 Å². The lowest BCUT2D eigenvalue weighted by molar-refractivity contribution is -0.141. The lowest BCUT2D eigenvalue weighted by Crippen LogP contribution is -2.10. The van der Waals surface area contributed by atoms with Crippen LogP contribution in [-0.2, 0) is 12.7 Å². The molecule has 0 aliphatic heterocycles. The Morgan fingerprint density at radius 1 is 1.25 bits per heavy atom. The van der Waals surface area contributed by atoms with Crippen molar-refractivity contribution < 1.29 is 13.2 Å². The number of hydrogen-bond donors (Lipinski definition) is 2. The molecule has 1 aromatic heterocycles. The summed E-state index contributed by atoms with van der Waals surface area (Å²) in [7, 11) is 0. The number of pyridine rings is 1. The number of nitrogens with one attached hydrogen (secondary N) is 1. The molecule has 0 atom stereocenters. The van der Waals surface area contributed by atoms with Crippen LogP contribution in [0.1, 0.15) is 11.3 Å². The molecule has 0 aliphatic rings. The van der Waals surface area contributed by atoms with E-state index in [1.165, 1.54) is 0 Å². The molecule has 1 heterocycles. The fourth-order valence-electron chi connectivity index (χ4n) is 1.62. The average molecular weight is 302 g/mol. The topological polar surface area (TPSA) is 50.9 Å². The Kier molecular flexibility index (Phi) is 4.04. The van der Waals surface area contributed by atoms with Crippen molar-refractivity contribution in [1.29, 1.82) is 0 Å². The number of nitrogens with zero attached hydrogens (tertiary/aromatic N) is 1. The quantitative estimate of drug-likeness (QED) is 0.902. The molecule has 1 aromatic carbocycles. The van der Waals surface area contributed by atoms with E-state index in [0.29, 0.717) is 11.6 Å². The van der Waals surface area contributed by atoms with Crippen LogP contribution in [0.2, 0.25) is 5.02 Å². The maximum absolute atomic E-state index is 12.6. The third-order valence-corrected chi connectivity index (χ3v) is 2.83. The van der Waals surface area contributed by atoms with Crippen LogP contribution in [0.4, 0.5) is 24.5 Å². The van der Waals surface area contributed by atoms with Gasteiger partial charge < -0.3 is 11.1 Å². The third kappa shape index (κ3) is 3.54. The van der Waals surface area contributed by atoms with Crippen LogP contribution in [-0.4, -0.2) is 4.98 Å². The predicted octanol–water partition coefficient (Wildman–Crippen LogP) is 3.95. The molecule has 0 fully saturated rings. The van der Waals surface area contributed by atoms with Crippen molar-refractivity contribution >= 4 is 23.0 Å². The molecule has 0 amide bonds. The van der Waals surface area contributed by atoms with E-state index < -0.39 is 11.9 Å². The van der Waals surface area contributed by atoms with E-state index in [9.17, 15) is 13.2 Å². The molecule has 20 heavy (non-hydrogen) atoms. The zero-order valence-corrected chi connectivity index (χ0v) is 11.0. The van der Waals surface area contributed by atoms with E-state index in [1.807, 2.05) is 0 Å². The number of nitrogen functional groups attached to an aromatic ring is 1. The Morgan fingerprint density at radius 2 is 2.00 bits per heavy atom. The number of benzene rings is 1. The van der Waals surface area contributed by atoms with Crippen LogP contribution in [0.25, 0.3) is 0 Å². The van der Waals surface area contributed by atoms with Gasteiger partial charge in [-0.15, -0.1) is 0 Å². The minimum absolute atomic E-state index is 0.153. The predicted molar refractivity (Wildman–Crippen MR) is 72.4 cm³/mol. The number of rotatable bonds is 3. The van der Waals surface area contributed by atoms with Crippen molar-refractivity contribution in [3.8, 4) is 0 Å². The first-order valence-electron chi connectivity index (χ1n) is 5.67. The highest BCUT2D eigenvalue weighted by atomic mass is 35.5. The van der Waals surface area contributed by atoms with Gasteiger partial charge in [-0.05, 0) is 23.8 Å². The molecule has 0 bridgehead atoms. The molecule has 106 valence electrons. The standard InChI is InChI=1S/C13H11ClF3N3/c14-9-3-1-2-8(4-9)6-19-11-5-12(13(15,16)17)20-7-10(11)18/h1-5,7H,6,18H2,(H,19,20). The Morgan fingerprint density at radius 3 is 2.65 bits per heavy atom. The molecule has 3 N–H and O–H groups in total. The summed E-state index contributed by atoms with van der Waals surface area (Å²) in [5, 5.41) is 3.40. The first-order chi connectivity index (χ1) is 9.36. The van der Waals surface area contributed by atoms with Gasteiger partial charge in [0.15, 0.2) is 0 Å². The van der Waals surface area contributed by atoms with Crippen molar-refractivity contribution in [1.82, 2.24) is 4.98 Å². The Bertz CT molecular complexity index is 614. The molecule has 0 spiro atoms. The van der Waals surface area contributed by atoms with Crippen LogP contribution in [0.15, 0.2) is 36.5 Å². The molecule has 0 saturated heterocycles. The number of nitrogens with two attached hydrogens (primary N) is 1. The first-order valence-corrected chi connectivity index (χ1v) is 6.05. The second kappa shape index (κ2) is 5.58. The largest absolute Gasteiger partial charge is 0.433 e. The Balaban J connectivity index is 2.17. The summed E-state index contributed by atoms with van der Waals surface area (Å²) < 4.78 is 37.7. The van der Waals surface area contributed by atoms with Gasteiger partial charge in [0.2, 0.25) is 0 Å². The van der Waals surface area contributed by atoms with E-state index in [2.05, 4.69) is 10.3 Å². The fourth-order valence-corrected chi connectivity index (χ4v) is 1.83. The van der Waals surface area contributed by atoms with Crippen LogP contribution in [0, 0.1) is 0 Å². The maximum atomic E-state index is 12.6. The Labute approximate surface area is 118 Å². The number of aromatic nitrogens is 1. The molecule has 0 aliphatic carbocycles. The molecule has 7 heteroatoms. The zero-order valence-electron chi connectivity index (χ0n) is 10.2. The summed E-state index contributed by atoms with van der Waals surface area (Å²) in [4.78, 5) is 3.27. The summed E-state index contributed by atoms with van der Waals surface area (Å²) in [6, 6.07) is 7.89. The van der Waals surface area contributed by atoms with E-state index in [1.54, 1.807) is 24.3 Å². The molecule has 0 unspecified atom stereocenters. The summed E-state index contributed by atoms with van der Waals surface area (Å²) in [5.74, 6) is 0. The van der Waals surface area contributed by atoms with E-state index in [-0.39, 0.29) is 11.4 Å². The Hall–Kier alpha value is -1.95. The van der Waals surface area contributed by atoms with E-state index in [4.69, 9.17) is 17.3 Å².